The molecule has 1 aromatic heterocycles. The molecule has 33 heavy (non-hydrogen) atoms. The Hall–Kier alpha value is -3.64. The molecule has 3 aromatic rings. The molecule has 1 heterocycles. The molecule has 2 N–H and O–H groups in total. The normalized spacial score (nSPS) is 12.4. The lowest BCUT2D eigenvalue weighted by Gasteiger charge is -2.06. The molecule has 0 spiro atoms. The molecule has 170 valence electrons. The van der Waals surface area contributed by atoms with Crippen molar-refractivity contribution >= 4 is 62.8 Å². The second kappa shape index (κ2) is 9.46. The van der Waals surface area contributed by atoms with Crippen LogP contribution in [0.3, 0.4) is 0 Å². The van der Waals surface area contributed by atoms with Crippen LogP contribution in [0.1, 0.15) is 22.6 Å². The Morgan fingerprint density at radius 3 is 1.79 bits per heavy atom. The van der Waals surface area contributed by atoms with E-state index in [1.807, 2.05) is 0 Å². The third kappa shape index (κ3) is 5.99. The van der Waals surface area contributed by atoms with Gasteiger partial charge >= 0.3 is 0 Å². The zero-order valence-electron chi connectivity index (χ0n) is 17.0. The maximum atomic E-state index is 11.9. The van der Waals surface area contributed by atoms with Crippen molar-refractivity contribution in [3.63, 3.8) is 0 Å². The van der Waals surface area contributed by atoms with Crippen LogP contribution in [-0.4, -0.2) is 38.9 Å². The largest absolute Gasteiger partial charge is 0.456 e. The van der Waals surface area contributed by atoms with Crippen LogP contribution in [0.25, 0.3) is 18.2 Å². The Balaban J connectivity index is 2.01. The van der Waals surface area contributed by atoms with Crippen LogP contribution in [0.5, 0.6) is 0 Å². The second-order valence-corrected chi connectivity index (χ2v) is 9.37. The van der Waals surface area contributed by atoms with Gasteiger partial charge in [0.1, 0.15) is 21.3 Å². The summed E-state index contributed by atoms with van der Waals surface area (Å²) in [7, 11) is -9.24. The number of aliphatic imine (C=N–C) groups is 2. The van der Waals surface area contributed by atoms with Gasteiger partial charge < -0.3 is 4.42 Å². The van der Waals surface area contributed by atoms with Crippen LogP contribution >= 0.6 is 0 Å². The molecule has 0 unspecified atom stereocenters. The molecule has 11 heteroatoms. The Labute approximate surface area is 190 Å². The van der Waals surface area contributed by atoms with Crippen LogP contribution in [0.2, 0.25) is 0 Å². The highest BCUT2D eigenvalue weighted by Crippen LogP contribution is 2.27. The maximum absolute atomic E-state index is 11.9. The van der Waals surface area contributed by atoms with Crippen LogP contribution in [-0.2, 0) is 20.2 Å². The van der Waals surface area contributed by atoms with E-state index in [0.29, 0.717) is 11.5 Å². The quantitative estimate of drug-likeness (QED) is 0.267. The first-order valence-corrected chi connectivity index (χ1v) is 12.0. The molecule has 0 aliphatic carbocycles. The Kier molecular flexibility index (Phi) is 6.89. The van der Waals surface area contributed by atoms with Crippen molar-refractivity contribution in [3.05, 3.63) is 77.8 Å². The molecule has 0 bridgehead atoms. The lowest BCUT2D eigenvalue weighted by molar-refractivity contribution is 0.480. The number of furan rings is 1. The highest BCUT2D eigenvalue weighted by atomic mass is 32.2. The van der Waals surface area contributed by atoms with Crippen molar-refractivity contribution in [1.29, 1.82) is 0 Å². The number of hydrogen-bond donors (Lipinski definition) is 2. The molecule has 0 saturated heterocycles. The first kappa shape index (κ1) is 24.0. The summed E-state index contributed by atoms with van der Waals surface area (Å²) in [6, 6.07) is 11.3. The van der Waals surface area contributed by atoms with Crippen LogP contribution < -0.4 is 0 Å². The molecule has 0 amide bonds. The monoisotopic (exact) mass is 486 g/mol. The van der Waals surface area contributed by atoms with E-state index in [1.165, 1.54) is 48.7 Å². The van der Waals surface area contributed by atoms with Gasteiger partial charge in [-0.1, -0.05) is 30.9 Å². The molecule has 0 fully saturated rings. The molecule has 9 nitrogen and oxygen atoms in total. The summed E-state index contributed by atoms with van der Waals surface area (Å²) in [6.45, 7) is 6.89. The minimum Gasteiger partial charge on any atom is -0.456 e. The van der Waals surface area contributed by atoms with Gasteiger partial charge in [-0.25, -0.2) is 0 Å². The predicted octanol–water partition coefficient (Wildman–Crippen LogP) is 4.67. The zero-order valence-corrected chi connectivity index (χ0v) is 18.6. The van der Waals surface area contributed by atoms with Gasteiger partial charge in [-0.2, -0.15) is 16.8 Å². The van der Waals surface area contributed by atoms with Gasteiger partial charge in [-0.3, -0.25) is 19.1 Å². The molecule has 0 aliphatic rings. The fourth-order valence-electron chi connectivity index (χ4n) is 2.81. The Bertz CT molecular complexity index is 1500. The average molecular weight is 487 g/mol. The van der Waals surface area contributed by atoms with E-state index in [0.717, 1.165) is 12.1 Å². The van der Waals surface area contributed by atoms with Gasteiger partial charge in [0.05, 0.1) is 17.6 Å². The molecular weight excluding hydrogens is 468 g/mol. The number of nitrogens with zero attached hydrogens (tertiary/aromatic N) is 2. The first-order valence-electron chi connectivity index (χ1n) is 9.15. The molecule has 0 saturated carbocycles. The van der Waals surface area contributed by atoms with E-state index in [-0.39, 0.29) is 22.5 Å². The van der Waals surface area contributed by atoms with E-state index in [9.17, 15) is 25.9 Å². The number of rotatable bonds is 8. The van der Waals surface area contributed by atoms with Crippen molar-refractivity contribution in [1.82, 2.24) is 0 Å². The standard InChI is InChI=1S/C22H18N2O7S2/c1-3-19-10-11-20(31-19)14-24-18-9-7-16(22(13-18)33(28,29)30)5-4-15-6-8-17(23-2)12-21(15)32(25,26)27/h3-14H,1-2H2,(H,25,26,27)(H,28,29,30)/b5-4+,24-14?. The summed E-state index contributed by atoms with van der Waals surface area (Å²) in [4.78, 5) is 6.88. The van der Waals surface area contributed by atoms with Crippen molar-refractivity contribution in [2.75, 3.05) is 0 Å². The molecule has 0 atom stereocenters. The zero-order chi connectivity index (χ0) is 24.2. The summed E-state index contributed by atoms with van der Waals surface area (Å²) in [5, 5.41) is 0. The van der Waals surface area contributed by atoms with Crippen LogP contribution in [0.15, 0.2) is 79.3 Å². The highest BCUT2D eigenvalue weighted by molar-refractivity contribution is 7.86. The topological polar surface area (TPSA) is 147 Å². The summed E-state index contributed by atoms with van der Waals surface area (Å²) in [6.07, 6.45) is 5.45. The first-order chi connectivity index (χ1) is 15.5. The summed E-state index contributed by atoms with van der Waals surface area (Å²) in [5.74, 6) is 0.953. The summed E-state index contributed by atoms with van der Waals surface area (Å²) >= 11 is 0. The van der Waals surface area contributed by atoms with Crippen LogP contribution in [0, 0.1) is 0 Å². The van der Waals surface area contributed by atoms with E-state index < -0.39 is 30.0 Å². The number of hydrogen-bond acceptors (Lipinski definition) is 7. The average Bonchev–Trinajstić information content (AvgIpc) is 3.23. The minimum absolute atomic E-state index is 0.0654. The highest BCUT2D eigenvalue weighted by Gasteiger charge is 2.17. The second-order valence-electron chi connectivity index (χ2n) is 6.59. The van der Waals surface area contributed by atoms with Gasteiger partial charge in [0, 0.05) is 0 Å². The van der Waals surface area contributed by atoms with Gasteiger partial charge in [0.15, 0.2) is 0 Å². The lowest BCUT2D eigenvalue weighted by atomic mass is 10.1. The van der Waals surface area contributed by atoms with E-state index in [4.69, 9.17) is 4.42 Å². The van der Waals surface area contributed by atoms with E-state index >= 15 is 0 Å². The Morgan fingerprint density at radius 1 is 0.788 bits per heavy atom. The van der Waals surface area contributed by atoms with Gasteiger partial charge in [0.2, 0.25) is 0 Å². The van der Waals surface area contributed by atoms with Crippen LogP contribution in [0.4, 0.5) is 11.4 Å². The molecule has 0 radical (unpaired) electrons. The molecule has 0 aliphatic heterocycles. The fraction of sp³-hybridized carbons (Fsp3) is 0. The predicted molar refractivity (Wildman–Crippen MR) is 127 cm³/mol. The van der Waals surface area contributed by atoms with Gasteiger partial charge in [-0.05, 0) is 60.3 Å². The van der Waals surface area contributed by atoms with Crippen molar-refractivity contribution in [2.24, 2.45) is 9.98 Å². The van der Waals surface area contributed by atoms with Gasteiger partial charge in [0.25, 0.3) is 20.2 Å². The fourth-order valence-corrected chi connectivity index (χ4v) is 4.22. The SMILES string of the molecule is C=Cc1ccc(C=Nc2ccc(/C=C/c3ccc(N=C)cc3S(=O)(=O)O)c(S(=O)(=O)O)c2)o1. The van der Waals surface area contributed by atoms with Crippen molar-refractivity contribution < 1.29 is 30.4 Å². The molecular formula is C22H18N2O7S2. The minimum atomic E-state index is -4.65. The van der Waals surface area contributed by atoms with Gasteiger partial charge in [-0.15, -0.1) is 0 Å². The third-order valence-corrected chi connectivity index (χ3v) is 6.18. The smallest absolute Gasteiger partial charge is 0.295 e. The molecule has 3 rings (SSSR count). The third-order valence-electron chi connectivity index (χ3n) is 4.36. The summed E-state index contributed by atoms with van der Waals surface area (Å²) in [5.41, 5.74) is 0.577. The van der Waals surface area contributed by atoms with E-state index in [2.05, 4.69) is 23.3 Å². The lowest BCUT2D eigenvalue weighted by Crippen LogP contribution is -2.01. The Morgan fingerprint density at radius 2 is 1.30 bits per heavy atom. The number of benzene rings is 2. The molecule has 2 aromatic carbocycles. The van der Waals surface area contributed by atoms with Crippen molar-refractivity contribution in [2.45, 2.75) is 9.79 Å². The summed E-state index contributed by atoms with van der Waals surface area (Å²) < 4.78 is 71.8. The van der Waals surface area contributed by atoms with E-state index in [1.54, 1.807) is 12.1 Å². The maximum Gasteiger partial charge on any atom is 0.295 e. The van der Waals surface area contributed by atoms with Crippen molar-refractivity contribution in [3.8, 4) is 0 Å².